The predicted octanol–water partition coefficient (Wildman–Crippen LogP) is -0.165. The van der Waals surface area contributed by atoms with E-state index in [1.54, 1.807) is 20.8 Å². The summed E-state index contributed by atoms with van der Waals surface area (Å²) in [5, 5.41) is 9.90. The van der Waals surface area contributed by atoms with E-state index in [0.29, 0.717) is 6.29 Å². The number of azo groups is 1. The first-order valence-electron chi connectivity index (χ1n) is 4.38. The maximum absolute atomic E-state index is 11.1. The quantitative estimate of drug-likeness (QED) is 0.476. The number of carbonyl (C=O) groups is 2. The SMILES string of the molecule is CC(C=O)N=NC(C)NC(=O)C(C)N. The van der Waals surface area contributed by atoms with Gasteiger partial charge in [0.15, 0.2) is 0 Å². The van der Waals surface area contributed by atoms with Crippen molar-refractivity contribution >= 4 is 12.2 Å². The Kier molecular flexibility index (Phi) is 5.62. The molecule has 0 aliphatic carbocycles. The molecule has 0 saturated heterocycles. The Hall–Kier alpha value is -1.30. The first kappa shape index (κ1) is 12.7. The van der Waals surface area contributed by atoms with Crippen molar-refractivity contribution in [3.63, 3.8) is 0 Å². The van der Waals surface area contributed by atoms with Crippen LogP contribution in [0.5, 0.6) is 0 Å². The first-order chi connectivity index (χ1) is 6.47. The molecule has 0 aliphatic rings. The molecular formula is C8H16N4O2. The molecule has 0 heterocycles. The zero-order valence-corrected chi connectivity index (χ0v) is 8.60. The van der Waals surface area contributed by atoms with Crippen molar-refractivity contribution in [2.45, 2.75) is 39.0 Å². The van der Waals surface area contributed by atoms with Crippen LogP contribution in [0, 0.1) is 0 Å². The molecule has 3 N–H and O–H groups in total. The largest absolute Gasteiger partial charge is 0.332 e. The van der Waals surface area contributed by atoms with E-state index in [1.165, 1.54) is 0 Å². The van der Waals surface area contributed by atoms with Crippen LogP contribution in [-0.2, 0) is 9.59 Å². The number of amides is 1. The molecule has 80 valence electrons. The lowest BCUT2D eigenvalue weighted by Crippen LogP contribution is -2.42. The summed E-state index contributed by atoms with van der Waals surface area (Å²) in [5.74, 6) is -0.296. The molecule has 0 saturated carbocycles. The normalized spacial score (nSPS) is 17.4. The van der Waals surface area contributed by atoms with Gasteiger partial charge in [0.2, 0.25) is 5.91 Å². The third kappa shape index (κ3) is 5.36. The highest BCUT2D eigenvalue weighted by molar-refractivity contribution is 5.81. The van der Waals surface area contributed by atoms with E-state index in [1.807, 2.05) is 0 Å². The Morgan fingerprint density at radius 3 is 2.36 bits per heavy atom. The molecule has 6 heteroatoms. The lowest BCUT2D eigenvalue weighted by atomic mass is 10.3. The topological polar surface area (TPSA) is 96.9 Å². The molecule has 0 radical (unpaired) electrons. The van der Waals surface area contributed by atoms with Gasteiger partial charge in [-0.1, -0.05) is 0 Å². The second kappa shape index (κ2) is 6.20. The van der Waals surface area contributed by atoms with Gasteiger partial charge in [0, 0.05) is 0 Å². The van der Waals surface area contributed by atoms with Gasteiger partial charge in [0.05, 0.1) is 6.04 Å². The molecule has 1 amide bonds. The van der Waals surface area contributed by atoms with Crippen molar-refractivity contribution in [2.75, 3.05) is 0 Å². The first-order valence-corrected chi connectivity index (χ1v) is 4.38. The van der Waals surface area contributed by atoms with Gasteiger partial charge in [-0.25, -0.2) is 0 Å². The van der Waals surface area contributed by atoms with E-state index in [2.05, 4.69) is 15.5 Å². The lowest BCUT2D eigenvalue weighted by molar-refractivity contribution is -0.122. The number of carbonyl (C=O) groups excluding carboxylic acids is 2. The van der Waals surface area contributed by atoms with Gasteiger partial charge < -0.3 is 15.8 Å². The monoisotopic (exact) mass is 200 g/mol. The summed E-state index contributed by atoms with van der Waals surface area (Å²) >= 11 is 0. The highest BCUT2D eigenvalue weighted by atomic mass is 16.2. The maximum atomic E-state index is 11.1. The van der Waals surface area contributed by atoms with Crippen LogP contribution in [0.1, 0.15) is 20.8 Å². The summed E-state index contributed by atoms with van der Waals surface area (Å²) in [6, 6.07) is -1.05. The van der Waals surface area contributed by atoms with Gasteiger partial charge in [-0.15, -0.1) is 0 Å². The molecule has 0 spiro atoms. The van der Waals surface area contributed by atoms with Crippen molar-refractivity contribution < 1.29 is 9.59 Å². The standard InChI is InChI=1S/C8H16N4O2/c1-5(4-13)11-12-7(3)10-8(14)6(2)9/h4-7H,9H2,1-3H3,(H,10,14). The van der Waals surface area contributed by atoms with Crippen LogP contribution in [0.2, 0.25) is 0 Å². The lowest BCUT2D eigenvalue weighted by Gasteiger charge is -2.10. The van der Waals surface area contributed by atoms with Crippen LogP contribution in [0.4, 0.5) is 0 Å². The fraction of sp³-hybridized carbons (Fsp3) is 0.750. The van der Waals surface area contributed by atoms with Crippen molar-refractivity contribution in [1.29, 1.82) is 0 Å². The average Bonchev–Trinajstić information content (AvgIpc) is 2.13. The zero-order chi connectivity index (χ0) is 11.1. The molecule has 0 aromatic rings. The molecule has 0 rings (SSSR count). The van der Waals surface area contributed by atoms with Crippen molar-refractivity contribution in [1.82, 2.24) is 5.32 Å². The smallest absolute Gasteiger partial charge is 0.238 e. The van der Waals surface area contributed by atoms with E-state index < -0.39 is 18.2 Å². The van der Waals surface area contributed by atoms with Crippen LogP contribution < -0.4 is 11.1 Å². The summed E-state index contributed by atoms with van der Waals surface area (Å²) in [5.41, 5.74) is 5.33. The fourth-order valence-electron chi connectivity index (χ4n) is 0.599. The predicted molar refractivity (Wildman–Crippen MR) is 51.6 cm³/mol. The molecule has 14 heavy (non-hydrogen) atoms. The third-order valence-corrected chi connectivity index (χ3v) is 1.38. The van der Waals surface area contributed by atoms with Crippen LogP contribution >= 0.6 is 0 Å². The van der Waals surface area contributed by atoms with Crippen LogP contribution in [0.25, 0.3) is 0 Å². The Labute approximate surface area is 83.0 Å². The molecule has 0 aromatic carbocycles. The Balaban J connectivity index is 3.97. The minimum atomic E-state index is -0.573. The highest BCUT2D eigenvalue weighted by Crippen LogP contribution is 1.91. The highest BCUT2D eigenvalue weighted by Gasteiger charge is 2.09. The van der Waals surface area contributed by atoms with E-state index >= 15 is 0 Å². The Morgan fingerprint density at radius 2 is 1.93 bits per heavy atom. The van der Waals surface area contributed by atoms with Gasteiger partial charge in [-0.05, 0) is 20.8 Å². The number of aldehydes is 1. The number of hydrogen-bond donors (Lipinski definition) is 2. The summed E-state index contributed by atoms with van der Waals surface area (Å²) in [6.07, 6.45) is 0.208. The Bertz CT molecular complexity index is 227. The van der Waals surface area contributed by atoms with E-state index in [4.69, 9.17) is 5.73 Å². The van der Waals surface area contributed by atoms with Gasteiger partial charge in [-0.3, -0.25) is 4.79 Å². The Morgan fingerprint density at radius 1 is 1.36 bits per heavy atom. The summed E-state index contributed by atoms with van der Waals surface area (Å²) < 4.78 is 0. The van der Waals surface area contributed by atoms with E-state index in [-0.39, 0.29) is 5.91 Å². The third-order valence-electron chi connectivity index (χ3n) is 1.38. The molecule has 0 aromatic heterocycles. The molecule has 0 fully saturated rings. The van der Waals surface area contributed by atoms with Gasteiger partial charge in [-0.2, -0.15) is 10.2 Å². The minimum Gasteiger partial charge on any atom is -0.332 e. The number of hydrogen-bond acceptors (Lipinski definition) is 5. The van der Waals surface area contributed by atoms with Gasteiger partial charge >= 0.3 is 0 Å². The summed E-state index contributed by atoms with van der Waals surface area (Å²) in [6.45, 7) is 4.84. The second-order valence-electron chi connectivity index (χ2n) is 3.08. The van der Waals surface area contributed by atoms with Crippen LogP contribution in [0.3, 0.4) is 0 Å². The molecule has 0 aliphatic heterocycles. The number of nitrogens with two attached hydrogens (primary N) is 1. The number of rotatable bonds is 5. The summed E-state index contributed by atoms with van der Waals surface area (Å²) in [7, 11) is 0. The number of nitrogens with zero attached hydrogens (tertiary/aromatic N) is 2. The molecule has 3 unspecified atom stereocenters. The maximum Gasteiger partial charge on any atom is 0.238 e. The fourth-order valence-corrected chi connectivity index (χ4v) is 0.599. The molecular weight excluding hydrogens is 184 g/mol. The van der Waals surface area contributed by atoms with Crippen LogP contribution in [0.15, 0.2) is 10.2 Å². The zero-order valence-electron chi connectivity index (χ0n) is 8.60. The van der Waals surface area contributed by atoms with Crippen molar-refractivity contribution in [3.8, 4) is 0 Å². The van der Waals surface area contributed by atoms with E-state index in [0.717, 1.165) is 0 Å². The summed E-state index contributed by atoms with van der Waals surface area (Å²) in [4.78, 5) is 21.2. The molecule has 0 bridgehead atoms. The van der Waals surface area contributed by atoms with Crippen molar-refractivity contribution in [3.05, 3.63) is 0 Å². The second-order valence-corrected chi connectivity index (χ2v) is 3.08. The molecule has 3 atom stereocenters. The average molecular weight is 200 g/mol. The van der Waals surface area contributed by atoms with Gasteiger partial charge in [0.25, 0.3) is 0 Å². The van der Waals surface area contributed by atoms with E-state index in [9.17, 15) is 9.59 Å². The molecule has 6 nitrogen and oxygen atoms in total. The van der Waals surface area contributed by atoms with Crippen LogP contribution in [-0.4, -0.2) is 30.4 Å². The van der Waals surface area contributed by atoms with Crippen molar-refractivity contribution in [2.24, 2.45) is 16.0 Å². The number of nitrogens with one attached hydrogen (secondary N) is 1. The van der Waals surface area contributed by atoms with Gasteiger partial charge in [0.1, 0.15) is 18.5 Å². The minimum absolute atomic E-state index is 0.296.